The highest BCUT2D eigenvalue weighted by Crippen LogP contribution is 2.30. The van der Waals surface area contributed by atoms with Gasteiger partial charge >= 0.3 is 17.2 Å². The fraction of sp³-hybridized carbons (Fsp3) is 0.267. The SMILES string of the molecule is O=C(Nc1[nH+]cc(Cc2cccc(C(F)(F)F)c2)s1)C1=NCCN1. The predicted molar refractivity (Wildman–Crippen MR) is 84.1 cm³/mol. The van der Waals surface area contributed by atoms with Crippen LogP contribution in [-0.2, 0) is 17.4 Å². The second-order valence-electron chi connectivity index (χ2n) is 5.17. The number of aromatic nitrogens is 1. The number of carbonyl (C=O) groups is 1. The number of aromatic amines is 1. The van der Waals surface area contributed by atoms with Crippen molar-refractivity contribution in [2.45, 2.75) is 12.6 Å². The van der Waals surface area contributed by atoms with E-state index in [-0.39, 0.29) is 11.7 Å². The van der Waals surface area contributed by atoms with Gasteiger partial charge in [0.2, 0.25) is 5.84 Å². The van der Waals surface area contributed by atoms with Crippen LogP contribution in [0.15, 0.2) is 35.5 Å². The highest BCUT2D eigenvalue weighted by Gasteiger charge is 2.30. The van der Waals surface area contributed by atoms with Crippen molar-refractivity contribution < 1.29 is 22.9 Å². The molecule has 2 aromatic rings. The number of nitrogens with one attached hydrogen (secondary N) is 3. The molecule has 1 aliphatic heterocycles. The number of hydrogen-bond acceptors (Lipinski definition) is 4. The molecule has 9 heteroatoms. The number of aliphatic imine (C=N–C) groups is 1. The first-order chi connectivity index (χ1) is 11.4. The lowest BCUT2D eigenvalue weighted by Crippen LogP contribution is -2.33. The van der Waals surface area contributed by atoms with Gasteiger partial charge in [0.15, 0.2) is 0 Å². The second kappa shape index (κ2) is 6.60. The lowest BCUT2D eigenvalue weighted by Gasteiger charge is -2.07. The number of benzene rings is 1. The molecule has 0 saturated carbocycles. The molecule has 0 spiro atoms. The van der Waals surface area contributed by atoms with Crippen LogP contribution in [0.1, 0.15) is 16.0 Å². The van der Waals surface area contributed by atoms with Gasteiger partial charge < -0.3 is 5.32 Å². The number of carbonyl (C=O) groups excluding carboxylic acids is 1. The Morgan fingerprint density at radius 2 is 2.25 bits per heavy atom. The largest absolute Gasteiger partial charge is 0.416 e. The number of anilines is 1. The third-order valence-corrected chi connectivity index (χ3v) is 4.29. The zero-order valence-corrected chi connectivity index (χ0v) is 13.2. The number of amides is 1. The van der Waals surface area contributed by atoms with Crippen molar-refractivity contribution in [2.75, 3.05) is 18.4 Å². The number of thiazole rings is 1. The van der Waals surface area contributed by atoms with Crippen molar-refractivity contribution in [1.82, 2.24) is 5.32 Å². The summed E-state index contributed by atoms with van der Waals surface area (Å²) in [5.41, 5.74) is -0.112. The maximum absolute atomic E-state index is 12.7. The van der Waals surface area contributed by atoms with Crippen LogP contribution in [0.4, 0.5) is 18.3 Å². The minimum Gasteiger partial charge on any atom is -0.362 e. The number of H-pyrrole nitrogens is 1. The highest BCUT2D eigenvalue weighted by molar-refractivity contribution is 7.15. The van der Waals surface area contributed by atoms with Gasteiger partial charge in [0, 0.05) is 13.0 Å². The van der Waals surface area contributed by atoms with Gasteiger partial charge in [0.25, 0.3) is 0 Å². The van der Waals surface area contributed by atoms with Crippen molar-refractivity contribution in [3.8, 4) is 0 Å². The zero-order valence-electron chi connectivity index (χ0n) is 12.4. The molecule has 0 saturated heterocycles. The van der Waals surface area contributed by atoms with Crippen molar-refractivity contribution >= 4 is 28.2 Å². The molecule has 24 heavy (non-hydrogen) atoms. The Bertz CT molecular complexity index is 785. The van der Waals surface area contributed by atoms with Crippen LogP contribution in [0.5, 0.6) is 0 Å². The molecule has 126 valence electrons. The summed E-state index contributed by atoms with van der Waals surface area (Å²) in [6, 6.07) is 5.21. The van der Waals surface area contributed by atoms with E-state index in [0.717, 1.165) is 17.0 Å². The number of hydrogen-bond donors (Lipinski definition) is 2. The quantitative estimate of drug-likeness (QED) is 0.882. The van der Waals surface area contributed by atoms with Gasteiger partial charge in [-0.2, -0.15) is 18.5 Å². The van der Waals surface area contributed by atoms with Gasteiger partial charge in [-0.1, -0.05) is 29.5 Å². The summed E-state index contributed by atoms with van der Waals surface area (Å²) < 4.78 is 38.2. The molecule has 0 radical (unpaired) electrons. The number of amidine groups is 1. The van der Waals surface area contributed by atoms with Crippen LogP contribution in [0.25, 0.3) is 0 Å². The van der Waals surface area contributed by atoms with Crippen molar-refractivity contribution in [3.63, 3.8) is 0 Å². The average Bonchev–Trinajstić information content (AvgIpc) is 3.18. The van der Waals surface area contributed by atoms with Gasteiger partial charge in [0.05, 0.1) is 17.0 Å². The summed E-state index contributed by atoms with van der Waals surface area (Å²) in [6.45, 7) is 1.20. The number of halogens is 3. The van der Waals surface area contributed by atoms with Crippen LogP contribution in [0, 0.1) is 0 Å². The number of alkyl halides is 3. The Morgan fingerprint density at radius 3 is 2.96 bits per heavy atom. The molecule has 5 nitrogen and oxygen atoms in total. The smallest absolute Gasteiger partial charge is 0.362 e. The highest BCUT2D eigenvalue weighted by atomic mass is 32.1. The van der Waals surface area contributed by atoms with E-state index in [1.807, 2.05) is 0 Å². The summed E-state index contributed by atoms with van der Waals surface area (Å²) in [5.74, 6) is -0.0487. The predicted octanol–water partition coefficient (Wildman–Crippen LogP) is 2.11. The fourth-order valence-corrected chi connectivity index (χ4v) is 3.14. The molecule has 0 aliphatic carbocycles. The van der Waals surface area contributed by atoms with E-state index in [0.29, 0.717) is 30.2 Å². The third kappa shape index (κ3) is 3.91. The van der Waals surface area contributed by atoms with Gasteiger partial charge in [-0.15, -0.1) is 0 Å². The Kier molecular flexibility index (Phi) is 4.52. The second-order valence-corrected chi connectivity index (χ2v) is 6.31. The van der Waals surface area contributed by atoms with Crippen LogP contribution in [0.3, 0.4) is 0 Å². The van der Waals surface area contributed by atoms with Crippen LogP contribution >= 0.6 is 11.3 Å². The molecule has 3 N–H and O–H groups in total. The average molecular weight is 355 g/mol. The van der Waals surface area contributed by atoms with Gasteiger partial charge in [-0.05, 0) is 11.6 Å². The van der Waals surface area contributed by atoms with E-state index >= 15 is 0 Å². The topological polar surface area (TPSA) is 67.6 Å². The van der Waals surface area contributed by atoms with E-state index in [9.17, 15) is 18.0 Å². The first-order valence-electron chi connectivity index (χ1n) is 7.18. The molecular weight excluding hydrogens is 341 g/mol. The molecule has 1 amide bonds. The van der Waals surface area contributed by atoms with Gasteiger partial charge in [-0.3, -0.25) is 4.99 Å². The Labute approximate surface area is 139 Å². The van der Waals surface area contributed by atoms with Crippen LogP contribution < -0.4 is 15.6 Å². The zero-order chi connectivity index (χ0) is 17.2. The number of nitrogens with zero attached hydrogens (tertiary/aromatic N) is 1. The van der Waals surface area contributed by atoms with E-state index in [2.05, 4.69) is 20.6 Å². The molecule has 0 atom stereocenters. The Morgan fingerprint density at radius 1 is 1.42 bits per heavy atom. The molecule has 0 unspecified atom stereocenters. The summed E-state index contributed by atoms with van der Waals surface area (Å²) in [5, 5.41) is 6.05. The van der Waals surface area contributed by atoms with E-state index < -0.39 is 11.7 Å². The molecule has 3 rings (SSSR count). The monoisotopic (exact) mass is 355 g/mol. The number of rotatable bonds is 4. The maximum Gasteiger partial charge on any atom is 0.416 e. The summed E-state index contributed by atoms with van der Waals surface area (Å²) in [7, 11) is 0. The van der Waals surface area contributed by atoms with Crippen molar-refractivity contribution in [3.05, 3.63) is 46.5 Å². The standard InChI is InChI=1S/C15H13F3N4OS/c16-15(17,18)10-3-1-2-9(6-10)7-11-8-21-14(24-11)22-13(23)12-19-4-5-20-12/h1-3,6,8H,4-5,7H2,(H,19,20)(H,21,22,23)/p+1. The summed E-state index contributed by atoms with van der Waals surface area (Å²) in [6.07, 6.45) is -2.34. The lowest BCUT2D eigenvalue weighted by atomic mass is 10.1. The minimum absolute atomic E-state index is 0.288. The van der Waals surface area contributed by atoms with Crippen LogP contribution in [-0.4, -0.2) is 24.8 Å². The van der Waals surface area contributed by atoms with Gasteiger partial charge in [0.1, 0.15) is 6.20 Å². The molecule has 1 aliphatic rings. The van der Waals surface area contributed by atoms with Crippen LogP contribution in [0.2, 0.25) is 0 Å². The molecule has 2 heterocycles. The molecule has 1 aromatic carbocycles. The van der Waals surface area contributed by atoms with Gasteiger partial charge in [-0.25, -0.2) is 9.78 Å². The maximum atomic E-state index is 12.7. The summed E-state index contributed by atoms with van der Waals surface area (Å²) >= 11 is 1.28. The molecular formula is C15H14F3N4OS+. The van der Waals surface area contributed by atoms with E-state index in [1.165, 1.54) is 17.4 Å². The first-order valence-corrected chi connectivity index (χ1v) is 8.00. The van der Waals surface area contributed by atoms with Crippen molar-refractivity contribution in [1.29, 1.82) is 0 Å². The first kappa shape index (κ1) is 16.4. The van der Waals surface area contributed by atoms with Crippen molar-refractivity contribution in [2.24, 2.45) is 4.99 Å². The third-order valence-electron chi connectivity index (χ3n) is 3.35. The molecule has 0 bridgehead atoms. The Balaban J connectivity index is 1.67. The normalized spacial score (nSPS) is 14.2. The lowest BCUT2D eigenvalue weighted by molar-refractivity contribution is -0.354. The minimum atomic E-state index is -4.36. The molecule has 1 aromatic heterocycles. The van der Waals surface area contributed by atoms with E-state index in [1.54, 1.807) is 12.3 Å². The fourth-order valence-electron chi connectivity index (χ4n) is 2.26. The van der Waals surface area contributed by atoms with E-state index in [4.69, 9.17) is 0 Å². The Hall–Kier alpha value is -2.42. The summed E-state index contributed by atoms with van der Waals surface area (Å²) in [4.78, 5) is 19.6. The molecule has 0 fully saturated rings.